The summed E-state index contributed by atoms with van der Waals surface area (Å²) in [6.45, 7) is 0. The standard InChI is InChI=1S/C14H19NO4/c1-18-11-8-9(13(17)19-2)7-10(12(11)16)14(15)5-3-4-6-14/h7-8,16H,3-6,15H2,1-2H3. The van der Waals surface area contributed by atoms with E-state index >= 15 is 0 Å². The van der Waals surface area contributed by atoms with Crippen LogP contribution >= 0.6 is 0 Å². The molecule has 2 rings (SSSR count). The van der Waals surface area contributed by atoms with E-state index in [1.807, 2.05) is 0 Å². The molecule has 0 amide bonds. The largest absolute Gasteiger partial charge is 0.504 e. The minimum atomic E-state index is -0.596. The highest BCUT2D eigenvalue weighted by Crippen LogP contribution is 2.44. The Labute approximate surface area is 112 Å². The van der Waals surface area contributed by atoms with Gasteiger partial charge in [0.2, 0.25) is 0 Å². The molecule has 0 saturated heterocycles. The molecular formula is C14H19NO4. The lowest BCUT2D eigenvalue weighted by molar-refractivity contribution is 0.0600. The molecule has 5 heteroatoms. The van der Waals surface area contributed by atoms with Gasteiger partial charge in [-0.25, -0.2) is 4.79 Å². The van der Waals surface area contributed by atoms with Crippen molar-refractivity contribution in [2.45, 2.75) is 31.2 Å². The quantitative estimate of drug-likeness (QED) is 0.816. The van der Waals surface area contributed by atoms with Gasteiger partial charge in [0.1, 0.15) is 0 Å². The molecule has 0 unspecified atom stereocenters. The van der Waals surface area contributed by atoms with Crippen molar-refractivity contribution in [2.24, 2.45) is 5.73 Å². The monoisotopic (exact) mass is 265 g/mol. The third-order valence-electron chi connectivity index (χ3n) is 3.75. The van der Waals surface area contributed by atoms with Gasteiger partial charge in [0.15, 0.2) is 11.5 Å². The minimum absolute atomic E-state index is 0.0135. The molecule has 1 fully saturated rings. The van der Waals surface area contributed by atoms with Crippen LogP contribution in [0.15, 0.2) is 12.1 Å². The molecule has 104 valence electrons. The number of ether oxygens (including phenoxy) is 2. The second kappa shape index (κ2) is 5.09. The van der Waals surface area contributed by atoms with Crippen LogP contribution in [0.25, 0.3) is 0 Å². The number of methoxy groups -OCH3 is 2. The summed E-state index contributed by atoms with van der Waals surface area (Å²) in [4.78, 5) is 11.7. The van der Waals surface area contributed by atoms with E-state index in [1.54, 1.807) is 6.07 Å². The smallest absolute Gasteiger partial charge is 0.337 e. The Hall–Kier alpha value is -1.75. The molecule has 1 saturated carbocycles. The van der Waals surface area contributed by atoms with Crippen LogP contribution in [0.2, 0.25) is 0 Å². The third kappa shape index (κ3) is 2.38. The van der Waals surface area contributed by atoms with E-state index in [9.17, 15) is 9.90 Å². The van der Waals surface area contributed by atoms with Crippen LogP contribution in [-0.2, 0) is 10.3 Å². The van der Waals surface area contributed by atoms with Gasteiger partial charge in [-0.15, -0.1) is 0 Å². The molecular weight excluding hydrogens is 246 g/mol. The van der Waals surface area contributed by atoms with Crippen LogP contribution in [0.4, 0.5) is 0 Å². The van der Waals surface area contributed by atoms with Crippen LogP contribution in [0.1, 0.15) is 41.6 Å². The fourth-order valence-corrected chi connectivity index (χ4v) is 2.65. The number of phenolic OH excluding ortho intramolecular Hbond substituents is 1. The molecule has 1 aliphatic rings. The zero-order valence-corrected chi connectivity index (χ0v) is 11.2. The summed E-state index contributed by atoms with van der Waals surface area (Å²) in [7, 11) is 2.76. The fraction of sp³-hybridized carbons (Fsp3) is 0.500. The topological polar surface area (TPSA) is 81.8 Å². The van der Waals surface area contributed by atoms with Gasteiger partial charge in [-0.2, -0.15) is 0 Å². The molecule has 0 aliphatic heterocycles. The predicted molar refractivity (Wildman–Crippen MR) is 70.3 cm³/mol. The highest BCUT2D eigenvalue weighted by atomic mass is 16.5. The summed E-state index contributed by atoms with van der Waals surface area (Å²) in [6.07, 6.45) is 3.60. The molecule has 1 aliphatic carbocycles. The van der Waals surface area contributed by atoms with E-state index in [-0.39, 0.29) is 11.5 Å². The van der Waals surface area contributed by atoms with Crippen molar-refractivity contribution in [3.05, 3.63) is 23.3 Å². The van der Waals surface area contributed by atoms with Crippen molar-refractivity contribution in [1.82, 2.24) is 0 Å². The van der Waals surface area contributed by atoms with Crippen molar-refractivity contribution in [3.63, 3.8) is 0 Å². The Kier molecular flexibility index (Phi) is 3.66. The Morgan fingerprint density at radius 2 is 1.95 bits per heavy atom. The number of nitrogens with two attached hydrogens (primary N) is 1. The van der Waals surface area contributed by atoms with Crippen molar-refractivity contribution in [2.75, 3.05) is 14.2 Å². The number of esters is 1. The summed E-state index contributed by atoms with van der Waals surface area (Å²) >= 11 is 0. The molecule has 0 heterocycles. The van der Waals surface area contributed by atoms with Crippen LogP contribution in [-0.4, -0.2) is 25.3 Å². The van der Waals surface area contributed by atoms with E-state index < -0.39 is 11.5 Å². The van der Waals surface area contributed by atoms with E-state index in [0.29, 0.717) is 11.1 Å². The van der Waals surface area contributed by atoms with Crippen molar-refractivity contribution in [1.29, 1.82) is 0 Å². The summed E-state index contributed by atoms with van der Waals surface area (Å²) in [5.41, 5.74) is 6.65. The molecule has 0 spiro atoms. The van der Waals surface area contributed by atoms with E-state index in [2.05, 4.69) is 0 Å². The number of phenols is 1. The zero-order chi connectivity index (χ0) is 14.0. The van der Waals surface area contributed by atoms with E-state index in [0.717, 1.165) is 25.7 Å². The Balaban J connectivity index is 2.55. The number of benzene rings is 1. The Morgan fingerprint density at radius 3 is 2.47 bits per heavy atom. The van der Waals surface area contributed by atoms with Gasteiger partial charge in [-0.1, -0.05) is 12.8 Å². The maximum atomic E-state index is 11.7. The second-order valence-corrected chi connectivity index (χ2v) is 4.93. The van der Waals surface area contributed by atoms with Gasteiger partial charge in [-0.3, -0.25) is 0 Å². The van der Waals surface area contributed by atoms with Crippen LogP contribution in [0, 0.1) is 0 Å². The van der Waals surface area contributed by atoms with Gasteiger partial charge < -0.3 is 20.3 Å². The minimum Gasteiger partial charge on any atom is -0.504 e. The Morgan fingerprint density at radius 1 is 1.32 bits per heavy atom. The first kappa shape index (κ1) is 13.7. The molecule has 3 N–H and O–H groups in total. The van der Waals surface area contributed by atoms with Gasteiger partial charge in [0.05, 0.1) is 19.8 Å². The van der Waals surface area contributed by atoms with Gasteiger partial charge in [0.25, 0.3) is 0 Å². The zero-order valence-electron chi connectivity index (χ0n) is 11.2. The lowest BCUT2D eigenvalue weighted by Gasteiger charge is -2.26. The molecule has 19 heavy (non-hydrogen) atoms. The highest BCUT2D eigenvalue weighted by molar-refractivity contribution is 5.90. The predicted octanol–water partition coefficient (Wildman–Crippen LogP) is 1.92. The van der Waals surface area contributed by atoms with E-state index in [1.165, 1.54) is 20.3 Å². The summed E-state index contributed by atoms with van der Waals surface area (Å²) < 4.78 is 9.82. The molecule has 0 bridgehead atoms. The maximum absolute atomic E-state index is 11.7. The van der Waals surface area contributed by atoms with Crippen molar-refractivity contribution < 1.29 is 19.4 Å². The average Bonchev–Trinajstić information content (AvgIpc) is 2.86. The van der Waals surface area contributed by atoms with Gasteiger partial charge in [0, 0.05) is 11.1 Å². The van der Waals surface area contributed by atoms with Crippen molar-refractivity contribution in [3.8, 4) is 11.5 Å². The van der Waals surface area contributed by atoms with E-state index in [4.69, 9.17) is 15.2 Å². The van der Waals surface area contributed by atoms with Crippen molar-refractivity contribution >= 4 is 5.97 Å². The van der Waals surface area contributed by atoms with Crippen LogP contribution in [0.5, 0.6) is 11.5 Å². The average molecular weight is 265 g/mol. The summed E-state index contributed by atoms with van der Waals surface area (Å²) in [5.74, 6) is -0.213. The lowest BCUT2D eigenvalue weighted by Crippen LogP contribution is -2.33. The first-order valence-corrected chi connectivity index (χ1v) is 6.30. The summed E-state index contributed by atoms with van der Waals surface area (Å²) in [6, 6.07) is 3.07. The normalized spacial score (nSPS) is 17.2. The highest BCUT2D eigenvalue weighted by Gasteiger charge is 2.35. The SMILES string of the molecule is COC(=O)c1cc(OC)c(O)c(C2(N)CCCC2)c1. The number of hydrogen-bond donors (Lipinski definition) is 2. The van der Waals surface area contributed by atoms with Crippen LogP contribution < -0.4 is 10.5 Å². The number of rotatable bonds is 3. The van der Waals surface area contributed by atoms with Gasteiger partial charge in [-0.05, 0) is 25.0 Å². The number of carbonyl (C=O) groups excluding carboxylic acids is 1. The second-order valence-electron chi connectivity index (χ2n) is 4.93. The number of hydrogen-bond acceptors (Lipinski definition) is 5. The molecule has 0 aromatic heterocycles. The molecule has 0 atom stereocenters. The van der Waals surface area contributed by atoms with Gasteiger partial charge >= 0.3 is 5.97 Å². The lowest BCUT2D eigenvalue weighted by atomic mass is 9.87. The number of aromatic hydroxyl groups is 1. The maximum Gasteiger partial charge on any atom is 0.337 e. The number of carbonyl (C=O) groups is 1. The third-order valence-corrected chi connectivity index (χ3v) is 3.75. The Bertz CT molecular complexity index is 492. The fourth-order valence-electron chi connectivity index (χ4n) is 2.65. The molecule has 0 radical (unpaired) electrons. The first-order valence-electron chi connectivity index (χ1n) is 6.30. The summed E-state index contributed by atoms with van der Waals surface area (Å²) in [5, 5.41) is 10.2. The van der Waals surface area contributed by atoms with Crippen LogP contribution in [0.3, 0.4) is 0 Å². The first-order chi connectivity index (χ1) is 9.01. The molecule has 5 nitrogen and oxygen atoms in total. The molecule has 1 aromatic rings. The molecule has 1 aromatic carbocycles.